The number of carbonyl (C=O) groups is 2. The second kappa shape index (κ2) is 14.1. The molecule has 3 aromatic rings. The number of hydrogen-bond donors (Lipinski definition) is 2. The Morgan fingerprint density at radius 2 is 1.67 bits per heavy atom. The van der Waals surface area contributed by atoms with Gasteiger partial charge in [-0.15, -0.1) is 0 Å². The Balaban J connectivity index is 1.77. The van der Waals surface area contributed by atoms with Gasteiger partial charge in [-0.05, 0) is 73.6 Å². The fraction of sp³-hybridized carbons (Fsp3) is 0.471. The highest BCUT2D eigenvalue weighted by atomic mass is 19.4. The van der Waals surface area contributed by atoms with Crippen LogP contribution in [0.25, 0.3) is 11.1 Å². The average Bonchev–Trinajstić information content (AvgIpc) is 2.94. The number of aliphatic carboxylic acids is 1. The van der Waals surface area contributed by atoms with Crippen LogP contribution >= 0.6 is 0 Å². The van der Waals surface area contributed by atoms with E-state index in [9.17, 15) is 41.4 Å². The van der Waals surface area contributed by atoms with Gasteiger partial charge in [0.05, 0.1) is 36.8 Å². The van der Waals surface area contributed by atoms with Crippen LogP contribution in [0.2, 0.25) is 0 Å². The zero-order valence-electron chi connectivity index (χ0n) is 27.2. The summed E-state index contributed by atoms with van der Waals surface area (Å²) in [5.74, 6) is -7.19. The molecule has 4 rings (SSSR count). The molecule has 0 bridgehead atoms. The Morgan fingerprint density at radius 1 is 1.04 bits per heavy atom. The lowest BCUT2D eigenvalue weighted by Crippen LogP contribution is -2.56. The summed E-state index contributed by atoms with van der Waals surface area (Å²) in [7, 11) is 0. The van der Waals surface area contributed by atoms with Gasteiger partial charge >= 0.3 is 12.1 Å². The molecule has 2 atom stereocenters. The highest BCUT2D eigenvalue weighted by Gasteiger charge is 2.43. The topological polar surface area (TPSA) is 105 Å². The largest absolute Gasteiger partial charge is 0.481 e. The van der Waals surface area contributed by atoms with Crippen molar-refractivity contribution in [2.24, 2.45) is 5.92 Å². The van der Waals surface area contributed by atoms with E-state index in [1.165, 1.54) is 17.9 Å². The average molecular weight is 681 g/mol. The molecule has 48 heavy (non-hydrogen) atoms. The molecule has 2 aromatic carbocycles. The number of carboxylic acids is 1. The first-order valence-electron chi connectivity index (χ1n) is 15.5. The molecule has 0 aliphatic carbocycles. The van der Waals surface area contributed by atoms with Crippen LogP contribution in [0.3, 0.4) is 0 Å². The lowest BCUT2D eigenvalue weighted by atomic mass is 9.90. The molecule has 1 amide bonds. The number of aromatic nitrogens is 2. The summed E-state index contributed by atoms with van der Waals surface area (Å²) in [6.07, 6.45) is -5.92. The van der Waals surface area contributed by atoms with Crippen molar-refractivity contribution in [1.82, 2.24) is 20.0 Å². The molecule has 8 nitrogen and oxygen atoms in total. The van der Waals surface area contributed by atoms with E-state index in [0.717, 1.165) is 10.7 Å². The second-order valence-corrected chi connectivity index (χ2v) is 12.9. The molecule has 1 saturated heterocycles. The quantitative estimate of drug-likeness (QED) is 0.215. The van der Waals surface area contributed by atoms with Crippen LogP contribution in [0.1, 0.15) is 72.3 Å². The number of alkyl halides is 5. The number of rotatable bonds is 12. The van der Waals surface area contributed by atoms with E-state index in [1.807, 2.05) is 0 Å². The Kier molecular flexibility index (Phi) is 10.8. The van der Waals surface area contributed by atoms with E-state index in [1.54, 1.807) is 45.9 Å². The van der Waals surface area contributed by atoms with Crippen molar-refractivity contribution in [3.8, 4) is 11.1 Å². The van der Waals surface area contributed by atoms with Gasteiger partial charge in [0.15, 0.2) is 0 Å². The van der Waals surface area contributed by atoms with Crippen LogP contribution in [0.5, 0.6) is 0 Å². The summed E-state index contributed by atoms with van der Waals surface area (Å²) < 4.78 is 85.8. The van der Waals surface area contributed by atoms with Crippen LogP contribution in [-0.4, -0.2) is 57.2 Å². The Labute approximate surface area is 273 Å². The number of amides is 1. The van der Waals surface area contributed by atoms with E-state index >= 15 is 4.39 Å². The monoisotopic (exact) mass is 680 g/mol. The summed E-state index contributed by atoms with van der Waals surface area (Å²) in [4.78, 5) is 40.7. The molecule has 1 aliphatic rings. The van der Waals surface area contributed by atoms with Gasteiger partial charge in [-0.1, -0.05) is 32.0 Å². The highest BCUT2D eigenvalue weighted by Crippen LogP contribution is 2.40. The molecular weight excluding hydrogens is 642 g/mol. The number of carbonyl (C=O) groups excluding carboxylic acids is 1. The summed E-state index contributed by atoms with van der Waals surface area (Å²) in [5, 5.41) is 16.5. The number of carboxylic acid groups (broad SMARTS) is 1. The number of likely N-dealkylation sites (tertiary alicyclic amines) is 1. The Morgan fingerprint density at radius 3 is 2.21 bits per heavy atom. The molecule has 0 unspecified atom stereocenters. The number of hydrogen-bond acceptors (Lipinski definition) is 5. The standard InChI is InChI=1S/C34H38F6N4O4/c1-18(2)11-27(44-32(48)21(5)12-23(42-44)9-10-43-16-33(36,37)17-43)31(47)41-26(15-28(45)46)24-13-22(14-25(30(24)35)34(38,39)40)29-19(3)7-6-8-20(29)4/h6-8,12-14,18,26-27H,9-11,15-17H2,1-5H3,(H,41,47)(H,45,46)/t26-,27-/m0/s1. The Bertz CT molecular complexity index is 1730. The zero-order chi connectivity index (χ0) is 35.7. The van der Waals surface area contributed by atoms with Crippen molar-refractivity contribution in [3.63, 3.8) is 0 Å². The van der Waals surface area contributed by atoms with Crippen molar-refractivity contribution in [2.45, 2.75) is 78.1 Å². The minimum Gasteiger partial charge on any atom is -0.481 e. The number of benzene rings is 2. The van der Waals surface area contributed by atoms with Gasteiger partial charge in [-0.2, -0.15) is 18.3 Å². The SMILES string of the molecule is Cc1cccc(C)c1-c1cc([C@H](CC(=O)O)NC(=O)[C@H](CC(C)C)n2nc(CCN3CC(F)(F)C3)cc(C)c2=O)c(F)c(C(F)(F)F)c1. The van der Waals surface area contributed by atoms with Gasteiger partial charge in [-0.25, -0.2) is 17.9 Å². The smallest absolute Gasteiger partial charge is 0.419 e. The van der Waals surface area contributed by atoms with Crippen molar-refractivity contribution in [1.29, 1.82) is 0 Å². The molecule has 0 spiro atoms. The third-order valence-electron chi connectivity index (χ3n) is 8.30. The zero-order valence-corrected chi connectivity index (χ0v) is 27.2. The molecule has 0 radical (unpaired) electrons. The van der Waals surface area contributed by atoms with Crippen LogP contribution in [-0.2, 0) is 22.2 Å². The normalized spacial score (nSPS) is 16.0. The minimum absolute atomic E-state index is 0.0124. The number of halogens is 6. The fourth-order valence-electron chi connectivity index (χ4n) is 6.04. The molecule has 1 aromatic heterocycles. The maximum atomic E-state index is 15.8. The van der Waals surface area contributed by atoms with Crippen LogP contribution in [0, 0.1) is 32.5 Å². The fourth-order valence-corrected chi connectivity index (χ4v) is 6.04. The van der Waals surface area contributed by atoms with Gasteiger partial charge in [0.25, 0.3) is 11.5 Å². The molecule has 2 N–H and O–H groups in total. The predicted molar refractivity (Wildman–Crippen MR) is 166 cm³/mol. The molecular formula is C34H38F6N4O4. The van der Waals surface area contributed by atoms with Crippen LogP contribution in [0.4, 0.5) is 26.3 Å². The first kappa shape index (κ1) is 36.6. The van der Waals surface area contributed by atoms with Gasteiger partial charge in [0.2, 0.25) is 5.91 Å². The lowest BCUT2D eigenvalue weighted by Gasteiger charge is -2.38. The van der Waals surface area contributed by atoms with E-state index in [-0.39, 0.29) is 36.4 Å². The first-order valence-corrected chi connectivity index (χ1v) is 15.5. The molecule has 260 valence electrons. The third kappa shape index (κ3) is 8.44. The van der Waals surface area contributed by atoms with Gasteiger partial charge in [0.1, 0.15) is 11.9 Å². The van der Waals surface area contributed by atoms with E-state index in [0.29, 0.717) is 28.5 Å². The summed E-state index contributed by atoms with van der Waals surface area (Å²) in [6.45, 7) is 7.75. The molecule has 14 heteroatoms. The summed E-state index contributed by atoms with van der Waals surface area (Å²) in [6, 6.07) is 5.20. The van der Waals surface area contributed by atoms with Crippen molar-refractivity contribution in [2.75, 3.05) is 19.6 Å². The lowest BCUT2D eigenvalue weighted by molar-refractivity contribution is -0.140. The van der Waals surface area contributed by atoms with E-state index in [4.69, 9.17) is 0 Å². The van der Waals surface area contributed by atoms with Crippen LogP contribution in [0.15, 0.2) is 41.2 Å². The molecule has 0 saturated carbocycles. The van der Waals surface area contributed by atoms with E-state index in [2.05, 4.69) is 10.4 Å². The van der Waals surface area contributed by atoms with Gasteiger partial charge in [0, 0.05) is 24.1 Å². The number of nitrogens with one attached hydrogen (secondary N) is 1. The van der Waals surface area contributed by atoms with E-state index < -0.39 is 78.1 Å². The second-order valence-electron chi connectivity index (χ2n) is 12.9. The summed E-state index contributed by atoms with van der Waals surface area (Å²) in [5.41, 5.74) is -0.827. The first-order chi connectivity index (χ1) is 22.3. The minimum atomic E-state index is -5.15. The Hall–Kier alpha value is -4.20. The molecule has 2 heterocycles. The van der Waals surface area contributed by atoms with Crippen molar-refractivity contribution >= 4 is 11.9 Å². The third-order valence-corrected chi connectivity index (χ3v) is 8.30. The maximum absolute atomic E-state index is 15.8. The highest BCUT2D eigenvalue weighted by molar-refractivity contribution is 5.82. The van der Waals surface area contributed by atoms with Crippen molar-refractivity contribution in [3.05, 3.63) is 86.1 Å². The van der Waals surface area contributed by atoms with Gasteiger partial charge in [-0.3, -0.25) is 19.3 Å². The van der Waals surface area contributed by atoms with Crippen LogP contribution < -0.4 is 10.9 Å². The number of nitrogens with zero attached hydrogens (tertiary/aromatic N) is 3. The molecule has 1 fully saturated rings. The number of aryl methyl sites for hydroxylation is 3. The molecule has 1 aliphatic heterocycles. The maximum Gasteiger partial charge on any atom is 0.419 e. The van der Waals surface area contributed by atoms with Gasteiger partial charge < -0.3 is 10.4 Å². The van der Waals surface area contributed by atoms with Crippen molar-refractivity contribution < 1.29 is 41.0 Å². The summed E-state index contributed by atoms with van der Waals surface area (Å²) >= 11 is 0. The predicted octanol–water partition coefficient (Wildman–Crippen LogP) is 6.41.